The maximum Gasteiger partial charge on any atom is 0.220 e. The number of benzene rings is 1. The molecule has 1 aliphatic heterocycles. The minimum atomic E-state index is -0.401. The Bertz CT molecular complexity index is 699. The molecule has 3 rings (SSSR count). The second kappa shape index (κ2) is 7.73. The summed E-state index contributed by atoms with van der Waals surface area (Å²) in [5.74, 6) is 0.0481. The average Bonchev–Trinajstić information content (AvgIpc) is 2.94. The average molecular weight is 327 g/mol. The van der Waals surface area contributed by atoms with Crippen LogP contribution in [0.1, 0.15) is 18.4 Å². The van der Waals surface area contributed by atoms with Gasteiger partial charge < -0.3 is 15.3 Å². The van der Waals surface area contributed by atoms with Gasteiger partial charge >= 0.3 is 0 Å². The van der Waals surface area contributed by atoms with E-state index < -0.39 is 6.10 Å². The van der Waals surface area contributed by atoms with Gasteiger partial charge in [-0.25, -0.2) is 0 Å². The Hall–Kier alpha value is -1.98. The number of nitrogens with zero attached hydrogens (tertiary/aromatic N) is 2. The van der Waals surface area contributed by atoms with Gasteiger partial charge in [0.25, 0.3) is 0 Å². The summed E-state index contributed by atoms with van der Waals surface area (Å²) in [4.78, 5) is 18.1. The van der Waals surface area contributed by atoms with Crippen molar-refractivity contribution < 1.29 is 9.90 Å². The Morgan fingerprint density at radius 2 is 2.17 bits per heavy atom. The zero-order chi connectivity index (χ0) is 16.9. The van der Waals surface area contributed by atoms with E-state index in [1.165, 1.54) is 16.3 Å². The zero-order valence-corrected chi connectivity index (χ0v) is 14.1. The van der Waals surface area contributed by atoms with Crippen molar-refractivity contribution in [3.05, 3.63) is 42.2 Å². The fourth-order valence-corrected chi connectivity index (χ4v) is 3.54. The highest BCUT2D eigenvalue weighted by molar-refractivity contribution is 5.84. The Morgan fingerprint density at radius 3 is 3.00 bits per heavy atom. The number of likely N-dealkylation sites (tertiary alicyclic amines) is 1. The quantitative estimate of drug-likeness (QED) is 0.846. The third-order valence-electron chi connectivity index (χ3n) is 4.88. The number of aromatic nitrogens is 1. The van der Waals surface area contributed by atoms with Gasteiger partial charge in [-0.3, -0.25) is 9.78 Å². The summed E-state index contributed by atoms with van der Waals surface area (Å²) >= 11 is 0. The van der Waals surface area contributed by atoms with Crippen LogP contribution in [0.25, 0.3) is 10.8 Å². The molecule has 1 aromatic heterocycles. The molecule has 2 N–H and O–H groups in total. The number of carbonyl (C=O) groups excluding carboxylic acids is 1. The number of fused-ring (bicyclic) bond motifs is 1. The maximum absolute atomic E-state index is 11.5. The summed E-state index contributed by atoms with van der Waals surface area (Å²) in [6, 6.07) is 8.33. The van der Waals surface area contributed by atoms with Crippen LogP contribution in [0.15, 0.2) is 36.7 Å². The molecule has 1 amide bonds. The number of hydrogen-bond acceptors (Lipinski definition) is 4. The lowest BCUT2D eigenvalue weighted by Crippen LogP contribution is -2.27. The number of rotatable bonds is 6. The van der Waals surface area contributed by atoms with Crippen molar-refractivity contribution in [3.63, 3.8) is 0 Å². The molecule has 1 aliphatic rings. The van der Waals surface area contributed by atoms with E-state index in [-0.39, 0.29) is 11.8 Å². The predicted molar refractivity (Wildman–Crippen MR) is 94.7 cm³/mol. The smallest absolute Gasteiger partial charge is 0.220 e. The minimum absolute atomic E-state index is 0.00253. The summed E-state index contributed by atoms with van der Waals surface area (Å²) < 4.78 is 0. The van der Waals surface area contributed by atoms with E-state index in [1.807, 2.05) is 18.5 Å². The molecule has 0 bridgehead atoms. The van der Waals surface area contributed by atoms with Crippen molar-refractivity contribution in [2.75, 3.05) is 26.7 Å². The van der Waals surface area contributed by atoms with Crippen molar-refractivity contribution >= 4 is 16.7 Å². The van der Waals surface area contributed by atoms with Crippen molar-refractivity contribution in [1.29, 1.82) is 0 Å². The van der Waals surface area contributed by atoms with Crippen LogP contribution in [-0.2, 0) is 11.2 Å². The van der Waals surface area contributed by atoms with Gasteiger partial charge in [0.15, 0.2) is 0 Å². The van der Waals surface area contributed by atoms with Gasteiger partial charge in [0, 0.05) is 50.3 Å². The Kier molecular flexibility index (Phi) is 5.43. The number of amides is 1. The predicted octanol–water partition coefficient (Wildman–Crippen LogP) is 1.60. The summed E-state index contributed by atoms with van der Waals surface area (Å²) in [7, 11) is 1.64. The molecule has 1 saturated heterocycles. The second-order valence-corrected chi connectivity index (χ2v) is 6.59. The van der Waals surface area contributed by atoms with Crippen molar-refractivity contribution in [2.24, 2.45) is 5.92 Å². The molecule has 5 nitrogen and oxygen atoms in total. The van der Waals surface area contributed by atoms with Gasteiger partial charge in [-0.05, 0) is 30.3 Å². The molecule has 0 aliphatic carbocycles. The summed E-state index contributed by atoms with van der Waals surface area (Å²) in [6.07, 6.45) is 5.85. The van der Waals surface area contributed by atoms with Crippen LogP contribution in [0.3, 0.4) is 0 Å². The number of aryl methyl sites for hydroxylation is 1. The van der Waals surface area contributed by atoms with Crippen LogP contribution in [-0.4, -0.2) is 53.7 Å². The molecule has 1 fully saturated rings. The highest BCUT2D eigenvalue weighted by Gasteiger charge is 2.32. The second-order valence-electron chi connectivity index (χ2n) is 6.59. The molecule has 2 aromatic rings. The number of β-amino-alcohol motifs (C(OH)–C–C–N with tert-alkyl or cyclic N) is 1. The number of carbonyl (C=O) groups is 1. The molecule has 1 aromatic carbocycles. The SMILES string of the molecule is CNC(=O)C[C@@H]1CN(CCCc2cncc3ccccc23)C[C@H]1O. The van der Waals surface area contributed by atoms with Crippen LogP contribution in [0, 0.1) is 5.92 Å². The van der Waals surface area contributed by atoms with Gasteiger partial charge in [0.1, 0.15) is 0 Å². The molecule has 2 atom stereocenters. The van der Waals surface area contributed by atoms with Gasteiger partial charge in [-0.15, -0.1) is 0 Å². The third kappa shape index (κ3) is 3.91. The van der Waals surface area contributed by atoms with E-state index in [2.05, 4.69) is 33.4 Å². The van der Waals surface area contributed by atoms with Crippen LogP contribution in [0.4, 0.5) is 0 Å². The van der Waals surface area contributed by atoms with Crippen LogP contribution in [0.5, 0.6) is 0 Å². The lowest BCUT2D eigenvalue weighted by molar-refractivity contribution is -0.122. The van der Waals surface area contributed by atoms with Crippen molar-refractivity contribution in [3.8, 4) is 0 Å². The summed E-state index contributed by atoms with van der Waals surface area (Å²) in [6.45, 7) is 2.39. The normalized spacial score (nSPS) is 21.2. The minimum Gasteiger partial charge on any atom is -0.391 e. The number of aliphatic hydroxyl groups excluding tert-OH is 1. The number of aliphatic hydroxyl groups is 1. The van der Waals surface area contributed by atoms with Crippen molar-refractivity contribution in [2.45, 2.75) is 25.4 Å². The summed E-state index contributed by atoms with van der Waals surface area (Å²) in [5.41, 5.74) is 1.27. The fourth-order valence-electron chi connectivity index (χ4n) is 3.54. The first kappa shape index (κ1) is 16.9. The lowest BCUT2D eigenvalue weighted by atomic mass is 10.0. The number of hydrogen-bond donors (Lipinski definition) is 2. The molecule has 128 valence electrons. The highest BCUT2D eigenvalue weighted by atomic mass is 16.3. The molecular formula is C19H25N3O2. The maximum atomic E-state index is 11.5. The molecule has 0 unspecified atom stereocenters. The lowest BCUT2D eigenvalue weighted by Gasteiger charge is -2.15. The van der Waals surface area contributed by atoms with E-state index >= 15 is 0 Å². The first-order valence-corrected chi connectivity index (χ1v) is 8.60. The van der Waals surface area contributed by atoms with Crippen LogP contribution in [0.2, 0.25) is 0 Å². The Balaban J connectivity index is 1.52. The molecule has 0 spiro atoms. The van der Waals surface area contributed by atoms with E-state index in [4.69, 9.17) is 0 Å². The Labute approximate surface area is 142 Å². The van der Waals surface area contributed by atoms with Crippen molar-refractivity contribution in [1.82, 2.24) is 15.2 Å². The molecule has 5 heteroatoms. The van der Waals surface area contributed by atoms with Gasteiger partial charge in [0.05, 0.1) is 6.10 Å². The van der Waals surface area contributed by atoms with Gasteiger partial charge in [-0.1, -0.05) is 24.3 Å². The summed E-state index contributed by atoms with van der Waals surface area (Å²) in [5, 5.41) is 15.2. The first-order chi connectivity index (χ1) is 11.7. The molecular weight excluding hydrogens is 302 g/mol. The molecule has 24 heavy (non-hydrogen) atoms. The molecule has 0 saturated carbocycles. The topological polar surface area (TPSA) is 65.5 Å². The van der Waals surface area contributed by atoms with Gasteiger partial charge in [-0.2, -0.15) is 0 Å². The van der Waals surface area contributed by atoms with E-state index in [9.17, 15) is 9.90 Å². The first-order valence-electron chi connectivity index (χ1n) is 8.60. The largest absolute Gasteiger partial charge is 0.391 e. The third-order valence-corrected chi connectivity index (χ3v) is 4.88. The highest BCUT2D eigenvalue weighted by Crippen LogP contribution is 2.22. The van der Waals surface area contributed by atoms with E-state index in [1.54, 1.807) is 7.05 Å². The fraction of sp³-hybridized carbons (Fsp3) is 0.474. The van der Waals surface area contributed by atoms with E-state index in [0.717, 1.165) is 25.9 Å². The number of pyridine rings is 1. The van der Waals surface area contributed by atoms with Gasteiger partial charge in [0.2, 0.25) is 5.91 Å². The van der Waals surface area contributed by atoms with Crippen LogP contribution < -0.4 is 5.32 Å². The van der Waals surface area contributed by atoms with Crippen LogP contribution >= 0.6 is 0 Å². The zero-order valence-electron chi connectivity index (χ0n) is 14.1. The Morgan fingerprint density at radius 1 is 1.33 bits per heavy atom. The molecule has 2 heterocycles. The van der Waals surface area contributed by atoms with E-state index in [0.29, 0.717) is 13.0 Å². The molecule has 0 radical (unpaired) electrons. The monoisotopic (exact) mass is 327 g/mol. The number of nitrogens with one attached hydrogen (secondary N) is 1. The standard InChI is InChI=1S/C19H25N3O2/c1-20-19(24)9-16-12-22(13-18(16)23)8-4-6-15-11-21-10-14-5-2-3-7-17(14)15/h2-3,5,7,10-11,16,18,23H,4,6,8-9,12-13H2,1H3,(H,20,24)/t16-,18-/m1/s1.